The van der Waals surface area contributed by atoms with Crippen LogP contribution in [0, 0.1) is 0 Å². The van der Waals surface area contributed by atoms with Crippen molar-refractivity contribution in [1.29, 1.82) is 0 Å². The number of likely N-dealkylation sites (tertiary alicyclic amines) is 1. The Balaban J connectivity index is 1.56. The van der Waals surface area contributed by atoms with Crippen LogP contribution in [0.25, 0.3) is 11.0 Å². The maximum atomic E-state index is 13.7. The molecule has 1 aliphatic heterocycles. The molecule has 0 unspecified atom stereocenters. The standard InChI is InChI=1S/C19H20F3N5O2/c1-29-14-2-3-16-15(9-14)25-18(19(20,21)22)27(16)13-4-6-26(7-5-13)17(28)8-12-10-23-11-24-12/h2-3,9-11,13H,4-8H2,1H3,(H,23,24). The van der Waals surface area contributed by atoms with Crippen LogP contribution in [0.15, 0.2) is 30.7 Å². The lowest BCUT2D eigenvalue weighted by atomic mass is 10.0. The van der Waals surface area contributed by atoms with Crippen LogP contribution < -0.4 is 4.74 Å². The molecular formula is C19H20F3N5O2. The lowest BCUT2D eigenvalue weighted by Gasteiger charge is -2.33. The summed E-state index contributed by atoms with van der Waals surface area (Å²) in [5.74, 6) is -0.526. The first-order valence-electron chi connectivity index (χ1n) is 9.25. The maximum absolute atomic E-state index is 13.7. The topological polar surface area (TPSA) is 76.0 Å². The molecule has 1 fully saturated rings. The Morgan fingerprint density at radius 2 is 2.07 bits per heavy atom. The Morgan fingerprint density at radius 1 is 1.31 bits per heavy atom. The lowest BCUT2D eigenvalue weighted by molar-refractivity contribution is -0.148. The van der Waals surface area contributed by atoms with Crippen molar-refractivity contribution in [3.63, 3.8) is 0 Å². The van der Waals surface area contributed by atoms with E-state index in [4.69, 9.17) is 4.74 Å². The smallest absolute Gasteiger partial charge is 0.449 e. The number of carbonyl (C=O) groups is 1. The monoisotopic (exact) mass is 407 g/mol. The van der Waals surface area contributed by atoms with Gasteiger partial charge in [0.15, 0.2) is 0 Å². The third-order valence-electron chi connectivity index (χ3n) is 5.23. The van der Waals surface area contributed by atoms with Gasteiger partial charge in [-0.15, -0.1) is 0 Å². The number of H-pyrrole nitrogens is 1. The fourth-order valence-corrected chi connectivity index (χ4v) is 3.80. The number of piperidine rings is 1. The zero-order chi connectivity index (χ0) is 20.6. The van der Waals surface area contributed by atoms with Gasteiger partial charge in [-0.05, 0) is 25.0 Å². The minimum Gasteiger partial charge on any atom is -0.497 e. The number of hydrogen-bond donors (Lipinski definition) is 1. The molecular weight excluding hydrogens is 387 g/mol. The van der Waals surface area contributed by atoms with Crippen molar-refractivity contribution in [2.45, 2.75) is 31.5 Å². The van der Waals surface area contributed by atoms with Gasteiger partial charge in [0.2, 0.25) is 11.7 Å². The first kappa shape index (κ1) is 19.3. The third kappa shape index (κ3) is 3.79. The van der Waals surface area contributed by atoms with Gasteiger partial charge in [-0.1, -0.05) is 0 Å². The number of carbonyl (C=O) groups excluding carboxylic acids is 1. The van der Waals surface area contributed by atoms with E-state index in [0.29, 0.717) is 42.9 Å². The van der Waals surface area contributed by atoms with Crippen LogP contribution in [0.4, 0.5) is 13.2 Å². The largest absolute Gasteiger partial charge is 0.497 e. The molecule has 0 aliphatic carbocycles. The molecule has 4 rings (SSSR count). The predicted molar refractivity (Wildman–Crippen MR) is 98.4 cm³/mol. The van der Waals surface area contributed by atoms with Crippen LogP contribution in [-0.4, -0.2) is 50.5 Å². The maximum Gasteiger partial charge on any atom is 0.449 e. The van der Waals surface area contributed by atoms with E-state index >= 15 is 0 Å². The molecule has 1 aliphatic rings. The molecule has 1 saturated heterocycles. The van der Waals surface area contributed by atoms with Gasteiger partial charge in [0.25, 0.3) is 0 Å². The van der Waals surface area contributed by atoms with Gasteiger partial charge in [-0.25, -0.2) is 9.97 Å². The van der Waals surface area contributed by atoms with Gasteiger partial charge in [0, 0.05) is 37.1 Å². The minimum absolute atomic E-state index is 0.0658. The van der Waals surface area contributed by atoms with Gasteiger partial charge in [-0.3, -0.25) is 4.79 Å². The summed E-state index contributed by atoms with van der Waals surface area (Å²) in [7, 11) is 1.46. The number of hydrogen-bond acceptors (Lipinski definition) is 4. The summed E-state index contributed by atoms with van der Waals surface area (Å²) in [5.41, 5.74) is 1.38. The summed E-state index contributed by atoms with van der Waals surface area (Å²) in [4.78, 5) is 24.7. The number of nitrogens with one attached hydrogen (secondary N) is 1. The van der Waals surface area contributed by atoms with Crippen molar-refractivity contribution >= 4 is 16.9 Å². The highest BCUT2D eigenvalue weighted by Crippen LogP contribution is 2.37. The quantitative estimate of drug-likeness (QED) is 0.721. The van der Waals surface area contributed by atoms with Crippen molar-refractivity contribution in [2.75, 3.05) is 20.2 Å². The van der Waals surface area contributed by atoms with Gasteiger partial charge < -0.3 is 19.2 Å². The molecule has 0 spiro atoms. The Kier molecular flexibility index (Phi) is 4.93. The van der Waals surface area contributed by atoms with E-state index in [1.54, 1.807) is 23.2 Å². The first-order valence-corrected chi connectivity index (χ1v) is 9.25. The van der Waals surface area contributed by atoms with Crippen LogP contribution in [0.3, 0.4) is 0 Å². The molecule has 0 radical (unpaired) electrons. The molecule has 1 amide bonds. The van der Waals surface area contributed by atoms with Crippen molar-refractivity contribution in [1.82, 2.24) is 24.4 Å². The molecule has 1 aromatic carbocycles. The molecule has 10 heteroatoms. The Bertz CT molecular complexity index is 1000. The normalized spacial score (nSPS) is 15.8. The molecule has 0 atom stereocenters. The average molecular weight is 407 g/mol. The van der Waals surface area contributed by atoms with E-state index in [2.05, 4.69) is 15.0 Å². The van der Waals surface area contributed by atoms with E-state index in [-0.39, 0.29) is 23.9 Å². The Labute approximate surface area is 164 Å². The van der Waals surface area contributed by atoms with E-state index in [1.165, 1.54) is 24.1 Å². The van der Waals surface area contributed by atoms with Crippen molar-refractivity contribution in [3.8, 4) is 5.75 Å². The van der Waals surface area contributed by atoms with Crippen molar-refractivity contribution < 1.29 is 22.7 Å². The summed E-state index contributed by atoms with van der Waals surface area (Å²) < 4.78 is 47.3. The molecule has 3 aromatic rings. The highest BCUT2D eigenvalue weighted by molar-refractivity contribution is 5.79. The second-order valence-electron chi connectivity index (χ2n) is 7.02. The third-order valence-corrected chi connectivity index (χ3v) is 5.23. The fraction of sp³-hybridized carbons (Fsp3) is 0.421. The number of aromatic amines is 1. The average Bonchev–Trinajstić information content (AvgIpc) is 3.34. The predicted octanol–water partition coefficient (Wildman–Crippen LogP) is 3.19. The van der Waals surface area contributed by atoms with Crippen LogP contribution in [0.1, 0.15) is 30.4 Å². The Morgan fingerprint density at radius 3 is 2.69 bits per heavy atom. The summed E-state index contributed by atoms with van der Waals surface area (Å²) in [6, 6.07) is 4.35. The SMILES string of the molecule is COc1ccc2c(c1)nc(C(F)(F)F)n2C1CCN(C(=O)Cc2cnc[nH]2)CC1. The summed E-state index contributed by atoms with van der Waals surface area (Å²) in [5, 5.41) is 0. The number of amides is 1. The number of methoxy groups -OCH3 is 1. The second kappa shape index (κ2) is 7.41. The van der Waals surface area contributed by atoms with Crippen LogP contribution in [0.5, 0.6) is 5.75 Å². The van der Waals surface area contributed by atoms with E-state index < -0.39 is 12.0 Å². The minimum atomic E-state index is -4.57. The number of alkyl halides is 3. The molecule has 3 heterocycles. The highest BCUT2D eigenvalue weighted by Gasteiger charge is 2.40. The molecule has 0 saturated carbocycles. The second-order valence-corrected chi connectivity index (χ2v) is 7.02. The lowest BCUT2D eigenvalue weighted by Crippen LogP contribution is -2.40. The first-order chi connectivity index (χ1) is 13.9. The van der Waals surface area contributed by atoms with Gasteiger partial charge in [0.1, 0.15) is 5.75 Å². The van der Waals surface area contributed by atoms with E-state index in [9.17, 15) is 18.0 Å². The summed E-state index contributed by atoms with van der Waals surface area (Å²) in [6.45, 7) is 0.787. The van der Waals surface area contributed by atoms with Crippen LogP contribution in [0.2, 0.25) is 0 Å². The Hall–Kier alpha value is -3.04. The van der Waals surface area contributed by atoms with Crippen LogP contribution >= 0.6 is 0 Å². The number of rotatable bonds is 4. The summed E-state index contributed by atoms with van der Waals surface area (Å²) in [6.07, 6.45) is -0.421. The number of ether oxygens (including phenoxy) is 1. The van der Waals surface area contributed by atoms with Crippen LogP contribution in [-0.2, 0) is 17.4 Å². The number of benzene rings is 1. The zero-order valence-electron chi connectivity index (χ0n) is 15.7. The van der Waals surface area contributed by atoms with Gasteiger partial charge in [-0.2, -0.15) is 13.2 Å². The molecule has 0 bridgehead atoms. The van der Waals surface area contributed by atoms with E-state index in [1.807, 2.05) is 0 Å². The van der Waals surface area contributed by atoms with Gasteiger partial charge in [0.05, 0.1) is 30.9 Å². The van der Waals surface area contributed by atoms with Crippen molar-refractivity contribution in [3.05, 3.63) is 42.2 Å². The fourth-order valence-electron chi connectivity index (χ4n) is 3.80. The zero-order valence-corrected chi connectivity index (χ0v) is 15.7. The molecule has 154 valence electrons. The van der Waals surface area contributed by atoms with E-state index in [0.717, 1.165) is 0 Å². The highest BCUT2D eigenvalue weighted by atomic mass is 19.4. The molecule has 2 aromatic heterocycles. The molecule has 1 N–H and O–H groups in total. The molecule has 7 nitrogen and oxygen atoms in total. The number of halogens is 3. The molecule has 29 heavy (non-hydrogen) atoms. The van der Waals surface area contributed by atoms with Crippen molar-refractivity contribution in [2.24, 2.45) is 0 Å². The number of imidazole rings is 2. The number of aromatic nitrogens is 4. The van der Waals surface area contributed by atoms with Gasteiger partial charge >= 0.3 is 6.18 Å². The number of nitrogens with zero attached hydrogens (tertiary/aromatic N) is 4. The summed E-state index contributed by atoms with van der Waals surface area (Å²) >= 11 is 0. The number of fused-ring (bicyclic) bond motifs is 1.